The maximum Gasteiger partial charge on any atom is 0.230 e. The highest BCUT2D eigenvalue weighted by Gasteiger charge is 2.20. The first kappa shape index (κ1) is 23.2. The van der Waals surface area contributed by atoms with E-state index in [1.54, 1.807) is 30.7 Å². The third-order valence-electron chi connectivity index (χ3n) is 4.95. The predicted octanol–water partition coefficient (Wildman–Crippen LogP) is 6.34. The smallest absolute Gasteiger partial charge is 0.230 e. The number of thioether (sulfide) groups is 1. The van der Waals surface area contributed by atoms with Crippen LogP contribution in [0, 0.1) is 13.8 Å². The number of thiazole rings is 1. The number of amides is 1. The molecule has 0 atom stereocenters. The maximum atomic E-state index is 12.4. The summed E-state index contributed by atoms with van der Waals surface area (Å²) >= 11 is 4.52. The molecule has 7 nitrogen and oxygen atoms in total. The molecule has 0 aliphatic carbocycles. The number of ether oxygens (including phenoxy) is 1. The third kappa shape index (κ3) is 5.52. The normalized spacial score (nSPS) is 10.8. The van der Waals surface area contributed by atoms with Gasteiger partial charge >= 0.3 is 0 Å². The summed E-state index contributed by atoms with van der Waals surface area (Å²) < 4.78 is 6.03. The molecule has 0 fully saturated rings. The van der Waals surface area contributed by atoms with E-state index in [4.69, 9.17) is 9.72 Å². The average Bonchev–Trinajstić information content (AvgIpc) is 3.45. The fourth-order valence-electron chi connectivity index (χ4n) is 3.10. The molecule has 4 rings (SSSR count). The van der Waals surface area contributed by atoms with E-state index in [0.29, 0.717) is 10.9 Å². The summed E-state index contributed by atoms with van der Waals surface area (Å²) in [5, 5.41) is 15.1. The van der Waals surface area contributed by atoms with E-state index in [1.165, 1.54) is 22.7 Å². The van der Waals surface area contributed by atoms with Gasteiger partial charge in [-0.3, -0.25) is 9.69 Å². The van der Waals surface area contributed by atoms with Crippen molar-refractivity contribution in [2.75, 3.05) is 17.3 Å². The molecule has 4 aromatic rings. The summed E-state index contributed by atoms with van der Waals surface area (Å²) in [7, 11) is 1.64. The lowest BCUT2D eigenvalue weighted by Gasteiger charge is -2.21. The van der Waals surface area contributed by atoms with Gasteiger partial charge in [-0.1, -0.05) is 35.2 Å². The van der Waals surface area contributed by atoms with Crippen molar-refractivity contribution in [3.05, 3.63) is 64.7 Å². The number of anilines is 4. The van der Waals surface area contributed by atoms with Crippen LogP contribution < -0.4 is 15.0 Å². The summed E-state index contributed by atoms with van der Waals surface area (Å²) in [6, 6.07) is 13.6. The standard InChI is InChI=1S/C23H23N5O2S3/c1-14-6-5-7-20(15(14)2)28(16(3)29)22-25-18(12-31-22)13-32-23-27-26-21(33-23)24-17-8-10-19(30-4)11-9-17/h5-12H,13H2,1-4H3,(H,24,26). The summed E-state index contributed by atoms with van der Waals surface area (Å²) in [6.07, 6.45) is 0. The zero-order valence-electron chi connectivity index (χ0n) is 18.7. The van der Waals surface area contributed by atoms with E-state index < -0.39 is 0 Å². The molecular weight excluding hydrogens is 474 g/mol. The van der Waals surface area contributed by atoms with Crippen LogP contribution in [-0.2, 0) is 10.5 Å². The lowest BCUT2D eigenvalue weighted by molar-refractivity contribution is -0.115. The number of benzene rings is 2. The first-order chi connectivity index (χ1) is 15.9. The molecule has 33 heavy (non-hydrogen) atoms. The fourth-order valence-corrected chi connectivity index (χ4v) is 5.75. The van der Waals surface area contributed by atoms with Crippen LogP contribution in [0.5, 0.6) is 5.75 Å². The Morgan fingerprint density at radius 3 is 2.67 bits per heavy atom. The molecule has 0 saturated carbocycles. The van der Waals surface area contributed by atoms with Gasteiger partial charge in [-0.2, -0.15) is 0 Å². The molecular formula is C23H23N5O2S3. The van der Waals surface area contributed by atoms with Crippen LogP contribution in [-0.4, -0.2) is 28.2 Å². The van der Waals surface area contributed by atoms with E-state index in [1.807, 2.05) is 61.7 Å². The van der Waals surface area contributed by atoms with E-state index in [9.17, 15) is 4.79 Å². The molecule has 0 aliphatic heterocycles. The number of methoxy groups -OCH3 is 1. The monoisotopic (exact) mass is 497 g/mol. The van der Waals surface area contributed by atoms with Gasteiger partial charge in [-0.15, -0.1) is 21.5 Å². The van der Waals surface area contributed by atoms with Gasteiger partial charge in [-0.25, -0.2) is 4.98 Å². The number of nitrogens with one attached hydrogen (secondary N) is 1. The van der Waals surface area contributed by atoms with Crippen molar-refractivity contribution >= 4 is 62.0 Å². The minimum absolute atomic E-state index is 0.0596. The van der Waals surface area contributed by atoms with E-state index in [2.05, 4.69) is 15.5 Å². The molecule has 2 heterocycles. The zero-order valence-corrected chi connectivity index (χ0v) is 21.1. The number of hydrogen-bond donors (Lipinski definition) is 1. The largest absolute Gasteiger partial charge is 0.497 e. The van der Waals surface area contributed by atoms with E-state index >= 15 is 0 Å². The molecule has 0 unspecified atom stereocenters. The van der Waals surface area contributed by atoms with Crippen molar-refractivity contribution in [3.63, 3.8) is 0 Å². The summed E-state index contributed by atoms with van der Waals surface area (Å²) in [6.45, 7) is 5.63. The topological polar surface area (TPSA) is 80.2 Å². The van der Waals surface area contributed by atoms with Crippen molar-refractivity contribution in [3.8, 4) is 5.75 Å². The highest BCUT2D eigenvalue weighted by molar-refractivity contribution is 8.00. The Labute approximate surface area is 204 Å². The number of nitrogens with zero attached hydrogens (tertiary/aromatic N) is 4. The minimum atomic E-state index is -0.0596. The maximum absolute atomic E-state index is 12.4. The summed E-state index contributed by atoms with van der Waals surface area (Å²) in [5.74, 6) is 1.39. The molecule has 1 N–H and O–H groups in total. The van der Waals surface area contributed by atoms with E-state index in [-0.39, 0.29) is 5.91 Å². The second kappa shape index (κ2) is 10.3. The van der Waals surface area contributed by atoms with Crippen molar-refractivity contribution in [1.29, 1.82) is 0 Å². The molecule has 10 heteroatoms. The minimum Gasteiger partial charge on any atom is -0.497 e. The van der Waals surface area contributed by atoms with Crippen LogP contribution in [0.15, 0.2) is 52.2 Å². The Kier molecular flexibility index (Phi) is 7.26. The molecule has 0 radical (unpaired) electrons. The fraction of sp³-hybridized carbons (Fsp3) is 0.217. The summed E-state index contributed by atoms with van der Waals surface area (Å²) in [5.41, 5.74) is 4.90. The van der Waals surface area contributed by atoms with Crippen LogP contribution in [0.4, 0.5) is 21.6 Å². The van der Waals surface area contributed by atoms with Crippen molar-refractivity contribution < 1.29 is 9.53 Å². The molecule has 0 saturated heterocycles. The Bertz CT molecular complexity index is 1250. The van der Waals surface area contributed by atoms with Gasteiger partial charge in [0.2, 0.25) is 11.0 Å². The molecule has 0 spiro atoms. The number of carbonyl (C=O) groups is 1. The van der Waals surface area contributed by atoms with Crippen LogP contribution in [0.3, 0.4) is 0 Å². The first-order valence-electron chi connectivity index (χ1n) is 10.1. The van der Waals surface area contributed by atoms with Crippen LogP contribution in [0.1, 0.15) is 23.7 Å². The number of hydrogen-bond acceptors (Lipinski definition) is 9. The van der Waals surface area contributed by atoms with Gasteiger partial charge in [0.25, 0.3) is 0 Å². The third-order valence-corrected chi connectivity index (χ3v) is 7.83. The molecule has 1 amide bonds. The molecule has 170 valence electrons. The Morgan fingerprint density at radius 2 is 1.94 bits per heavy atom. The number of carbonyl (C=O) groups excluding carboxylic acids is 1. The molecule has 2 aromatic carbocycles. The molecule has 0 aliphatic rings. The lowest BCUT2D eigenvalue weighted by atomic mass is 10.1. The zero-order chi connectivity index (χ0) is 23.4. The number of aryl methyl sites for hydroxylation is 1. The van der Waals surface area contributed by atoms with Crippen molar-refractivity contribution in [1.82, 2.24) is 15.2 Å². The van der Waals surface area contributed by atoms with Crippen LogP contribution in [0.2, 0.25) is 0 Å². The van der Waals surface area contributed by atoms with Gasteiger partial charge in [0.15, 0.2) is 9.47 Å². The Hall–Kier alpha value is -2.95. The highest BCUT2D eigenvalue weighted by Crippen LogP contribution is 2.35. The number of rotatable bonds is 8. The Morgan fingerprint density at radius 1 is 1.15 bits per heavy atom. The van der Waals surface area contributed by atoms with Crippen molar-refractivity contribution in [2.45, 2.75) is 30.9 Å². The van der Waals surface area contributed by atoms with Gasteiger partial charge in [0.1, 0.15) is 5.75 Å². The predicted molar refractivity (Wildman–Crippen MR) is 137 cm³/mol. The van der Waals surface area contributed by atoms with Gasteiger partial charge in [-0.05, 0) is 55.3 Å². The van der Waals surface area contributed by atoms with Gasteiger partial charge < -0.3 is 10.1 Å². The Balaban J connectivity index is 1.41. The lowest BCUT2D eigenvalue weighted by Crippen LogP contribution is -2.23. The highest BCUT2D eigenvalue weighted by atomic mass is 32.2. The molecule has 2 aromatic heterocycles. The average molecular weight is 498 g/mol. The SMILES string of the molecule is COc1ccc(Nc2nnc(SCc3csc(N(C(C)=O)c4cccc(C)c4C)n3)s2)cc1. The van der Waals surface area contributed by atoms with E-state index in [0.717, 1.165) is 43.4 Å². The second-order valence-electron chi connectivity index (χ2n) is 7.21. The van der Waals surface area contributed by atoms with Gasteiger partial charge in [0, 0.05) is 23.7 Å². The second-order valence-corrected chi connectivity index (χ2v) is 10.2. The first-order valence-corrected chi connectivity index (χ1v) is 12.8. The quantitative estimate of drug-likeness (QED) is 0.284. The molecule has 0 bridgehead atoms. The van der Waals surface area contributed by atoms with Crippen molar-refractivity contribution in [2.24, 2.45) is 0 Å². The van der Waals surface area contributed by atoms with Crippen LogP contribution in [0.25, 0.3) is 0 Å². The van der Waals surface area contributed by atoms with Crippen LogP contribution >= 0.6 is 34.4 Å². The summed E-state index contributed by atoms with van der Waals surface area (Å²) in [4.78, 5) is 18.8. The van der Waals surface area contributed by atoms with Gasteiger partial charge in [0.05, 0.1) is 18.5 Å². The number of aromatic nitrogens is 3.